The van der Waals surface area contributed by atoms with Crippen molar-refractivity contribution in [1.82, 2.24) is 0 Å². The number of allylic oxidation sites excluding steroid dienone is 2. The molecular formula is C9H12O. The molecule has 1 fully saturated rings. The first-order valence-corrected chi connectivity index (χ1v) is 4.00. The lowest BCUT2D eigenvalue weighted by molar-refractivity contribution is -0.119. The third-order valence-corrected chi connectivity index (χ3v) is 2.72. The zero-order chi connectivity index (χ0) is 7.14. The van der Waals surface area contributed by atoms with Gasteiger partial charge in [-0.15, -0.1) is 0 Å². The van der Waals surface area contributed by atoms with Gasteiger partial charge < -0.3 is 0 Å². The van der Waals surface area contributed by atoms with E-state index in [-0.39, 0.29) is 0 Å². The monoisotopic (exact) mass is 136 g/mol. The highest BCUT2D eigenvalue weighted by molar-refractivity contribution is 5.97. The molecule has 2 aliphatic rings. The fourth-order valence-electron chi connectivity index (χ4n) is 2.16. The van der Waals surface area contributed by atoms with E-state index in [9.17, 15) is 4.79 Å². The van der Waals surface area contributed by atoms with E-state index in [0.717, 1.165) is 24.3 Å². The number of fused-ring (bicyclic) bond motifs is 2. The minimum absolute atomic E-state index is 0.398. The van der Waals surface area contributed by atoms with Crippen molar-refractivity contribution in [3.05, 3.63) is 11.6 Å². The largest absolute Gasteiger partial charge is 0.294 e. The number of ketones is 1. The van der Waals surface area contributed by atoms with Crippen LogP contribution in [0.25, 0.3) is 0 Å². The summed E-state index contributed by atoms with van der Waals surface area (Å²) in [6.07, 6.45) is 5.67. The predicted octanol–water partition coefficient (Wildman–Crippen LogP) is 1.93. The molecule has 0 aromatic carbocycles. The second-order valence-corrected chi connectivity index (χ2v) is 3.48. The lowest BCUT2D eigenvalue weighted by Crippen LogP contribution is -2.16. The first-order chi connectivity index (χ1) is 4.77. The molecule has 0 heterocycles. The van der Waals surface area contributed by atoms with Gasteiger partial charge >= 0.3 is 0 Å². The maximum absolute atomic E-state index is 11.3. The van der Waals surface area contributed by atoms with E-state index in [1.54, 1.807) is 0 Å². The quantitative estimate of drug-likeness (QED) is 0.497. The van der Waals surface area contributed by atoms with Crippen LogP contribution in [0.5, 0.6) is 0 Å². The van der Waals surface area contributed by atoms with Crippen LogP contribution in [0.15, 0.2) is 11.6 Å². The maximum Gasteiger partial charge on any atom is 0.161 e. The van der Waals surface area contributed by atoms with Gasteiger partial charge in [0.25, 0.3) is 0 Å². The topological polar surface area (TPSA) is 17.1 Å². The number of carbonyl (C=O) groups excluding carboxylic acids is 1. The summed E-state index contributed by atoms with van der Waals surface area (Å²) in [6.45, 7) is 1.95. The Kier molecular flexibility index (Phi) is 1.19. The third kappa shape index (κ3) is 0.731. The van der Waals surface area contributed by atoms with E-state index in [1.807, 2.05) is 6.92 Å². The summed E-state index contributed by atoms with van der Waals surface area (Å²) in [7, 11) is 0. The van der Waals surface area contributed by atoms with Gasteiger partial charge in [0.15, 0.2) is 5.78 Å². The fraction of sp³-hybridized carbons (Fsp3) is 0.667. The standard InChI is InChI=1S/C9H12O/c1-6-4-7-2-3-8(5-7)9(6)10/h4,7-8H,2-3,5H2,1H3. The van der Waals surface area contributed by atoms with Gasteiger partial charge in [0, 0.05) is 5.92 Å². The Hall–Kier alpha value is -0.590. The highest BCUT2D eigenvalue weighted by Gasteiger charge is 2.33. The first kappa shape index (κ1) is 6.14. The number of Topliss-reactive ketones (excluding diaryl/α,β-unsaturated/α-hetero) is 1. The van der Waals surface area contributed by atoms with Crippen molar-refractivity contribution >= 4 is 5.78 Å². The van der Waals surface area contributed by atoms with Gasteiger partial charge in [0.2, 0.25) is 0 Å². The Morgan fingerprint density at radius 1 is 1.50 bits per heavy atom. The Morgan fingerprint density at radius 2 is 2.30 bits per heavy atom. The summed E-state index contributed by atoms with van der Waals surface area (Å²) < 4.78 is 0. The van der Waals surface area contributed by atoms with E-state index in [1.165, 1.54) is 6.42 Å². The molecule has 2 unspecified atom stereocenters. The SMILES string of the molecule is CC1=CC2CCC(C2)C1=O. The van der Waals surface area contributed by atoms with E-state index in [4.69, 9.17) is 0 Å². The molecule has 1 saturated carbocycles. The Bertz CT molecular complexity index is 203. The van der Waals surface area contributed by atoms with Crippen LogP contribution in [0.3, 0.4) is 0 Å². The van der Waals surface area contributed by atoms with Gasteiger partial charge in [-0.3, -0.25) is 4.79 Å². The maximum atomic E-state index is 11.3. The van der Waals surface area contributed by atoms with Crippen molar-refractivity contribution in [2.75, 3.05) is 0 Å². The summed E-state index contributed by atoms with van der Waals surface area (Å²) in [4.78, 5) is 11.3. The van der Waals surface area contributed by atoms with Crippen LogP contribution in [0, 0.1) is 11.8 Å². The van der Waals surface area contributed by atoms with Crippen LogP contribution < -0.4 is 0 Å². The summed E-state index contributed by atoms with van der Waals surface area (Å²) in [5.41, 5.74) is 1.01. The third-order valence-electron chi connectivity index (χ3n) is 2.72. The molecule has 2 atom stereocenters. The number of rotatable bonds is 0. The van der Waals surface area contributed by atoms with Crippen molar-refractivity contribution in [3.8, 4) is 0 Å². The molecule has 2 aliphatic carbocycles. The molecule has 0 aromatic rings. The summed E-state index contributed by atoms with van der Waals surface area (Å²) in [5.74, 6) is 1.55. The van der Waals surface area contributed by atoms with Gasteiger partial charge in [-0.25, -0.2) is 0 Å². The van der Waals surface area contributed by atoms with Crippen LogP contribution in [0.4, 0.5) is 0 Å². The molecule has 1 heteroatoms. The van der Waals surface area contributed by atoms with Crippen LogP contribution in [-0.4, -0.2) is 5.78 Å². The van der Waals surface area contributed by atoms with Gasteiger partial charge in [-0.2, -0.15) is 0 Å². The molecule has 0 aliphatic heterocycles. The van der Waals surface area contributed by atoms with Gasteiger partial charge in [0.1, 0.15) is 0 Å². The second kappa shape index (κ2) is 1.94. The minimum Gasteiger partial charge on any atom is -0.294 e. The molecular weight excluding hydrogens is 124 g/mol. The molecule has 2 rings (SSSR count). The summed E-state index contributed by atoms with van der Waals surface area (Å²) >= 11 is 0. The fourth-order valence-corrected chi connectivity index (χ4v) is 2.16. The van der Waals surface area contributed by atoms with Crippen LogP contribution in [0.1, 0.15) is 26.2 Å². The Labute approximate surface area is 61.1 Å². The van der Waals surface area contributed by atoms with Gasteiger partial charge in [0.05, 0.1) is 0 Å². The normalized spacial score (nSPS) is 38.1. The van der Waals surface area contributed by atoms with Gasteiger partial charge in [-0.1, -0.05) is 6.08 Å². The smallest absolute Gasteiger partial charge is 0.161 e. The lowest BCUT2D eigenvalue weighted by atomic mass is 9.89. The van der Waals surface area contributed by atoms with Crippen molar-refractivity contribution in [3.63, 3.8) is 0 Å². The number of hydrogen-bond donors (Lipinski definition) is 0. The summed E-state index contributed by atoms with van der Waals surface area (Å²) in [6, 6.07) is 0. The van der Waals surface area contributed by atoms with Crippen molar-refractivity contribution < 1.29 is 4.79 Å². The summed E-state index contributed by atoms with van der Waals surface area (Å²) in [5, 5.41) is 0. The molecule has 2 bridgehead atoms. The molecule has 0 spiro atoms. The number of hydrogen-bond acceptors (Lipinski definition) is 1. The molecule has 0 radical (unpaired) electrons. The molecule has 1 nitrogen and oxygen atoms in total. The zero-order valence-corrected chi connectivity index (χ0v) is 6.26. The molecule has 0 saturated heterocycles. The Balaban J connectivity index is 2.33. The second-order valence-electron chi connectivity index (χ2n) is 3.48. The molecule has 54 valence electrons. The molecule has 0 aromatic heterocycles. The predicted molar refractivity (Wildman–Crippen MR) is 39.6 cm³/mol. The van der Waals surface area contributed by atoms with Crippen LogP contribution >= 0.6 is 0 Å². The average Bonchev–Trinajstić information content (AvgIpc) is 2.29. The molecule has 0 amide bonds. The van der Waals surface area contributed by atoms with E-state index >= 15 is 0 Å². The average molecular weight is 136 g/mol. The first-order valence-electron chi connectivity index (χ1n) is 4.00. The van der Waals surface area contributed by atoms with Crippen molar-refractivity contribution in [2.45, 2.75) is 26.2 Å². The molecule has 10 heavy (non-hydrogen) atoms. The highest BCUT2D eigenvalue weighted by atomic mass is 16.1. The van der Waals surface area contributed by atoms with E-state index < -0.39 is 0 Å². The van der Waals surface area contributed by atoms with Crippen molar-refractivity contribution in [2.24, 2.45) is 11.8 Å². The van der Waals surface area contributed by atoms with E-state index in [2.05, 4.69) is 6.08 Å². The number of carbonyl (C=O) groups is 1. The van der Waals surface area contributed by atoms with Crippen LogP contribution in [0.2, 0.25) is 0 Å². The highest BCUT2D eigenvalue weighted by Crippen LogP contribution is 2.38. The Morgan fingerprint density at radius 3 is 3.10 bits per heavy atom. The zero-order valence-electron chi connectivity index (χ0n) is 6.26. The minimum atomic E-state index is 0.398. The van der Waals surface area contributed by atoms with E-state index in [0.29, 0.717) is 11.7 Å². The van der Waals surface area contributed by atoms with Crippen LogP contribution in [-0.2, 0) is 4.79 Å². The molecule has 0 N–H and O–H groups in total. The lowest BCUT2D eigenvalue weighted by Gasteiger charge is -2.14. The van der Waals surface area contributed by atoms with Crippen molar-refractivity contribution in [1.29, 1.82) is 0 Å². The van der Waals surface area contributed by atoms with Gasteiger partial charge in [-0.05, 0) is 37.7 Å².